The van der Waals surface area contributed by atoms with E-state index in [1.54, 1.807) is 0 Å². The molecule has 1 heterocycles. The molecule has 1 aliphatic rings. The van der Waals surface area contributed by atoms with Crippen LogP contribution in [0.3, 0.4) is 0 Å². The van der Waals surface area contributed by atoms with Crippen LogP contribution in [0.2, 0.25) is 0 Å². The number of nitrogens with zero attached hydrogens (tertiary/aromatic N) is 1. The van der Waals surface area contributed by atoms with Crippen molar-refractivity contribution in [1.29, 1.82) is 0 Å². The third kappa shape index (κ3) is 3.66. The molecular weight excluding hydrogens is 242 g/mol. The molecular formula is C15H23NOS. The van der Waals surface area contributed by atoms with Crippen LogP contribution in [0.1, 0.15) is 37.0 Å². The van der Waals surface area contributed by atoms with Gasteiger partial charge in [0.05, 0.1) is 0 Å². The summed E-state index contributed by atoms with van der Waals surface area (Å²) in [5.41, 5.74) is -0.0531. The number of thiophene rings is 1. The van der Waals surface area contributed by atoms with E-state index in [9.17, 15) is 4.79 Å². The first-order chi connectivity index (χ1) is 8.74. The second-order valence-electron chi connectivity index (χ2n) is 5.61. The van der Waals surface area contributed by atoms with E-state index >= 15 is 0 Å². The van der Waals surface area contributed by atoms with Gasteiger partial charge in [-0.15, -0.1) is 11.3 Å². The van der Waals surface area contributed by atoms with Gasteiger partial charge in [-0.1, -0.05) is 25.3 Å². The Morgan fingerprint density at radius 2 is 2.17 bits per heavy atom. The molecule has 0 radical (unpaired) electrons. The Balaban J connectivity index is 1.81. The predicted octanol–water partition coefficient (Wildman–Crippen LogP) is 3.37. The fourth-order valence-electron chi connectivity index (χ4n) is 2.94. The SMILES string of the molecule is CN(CCc1cccs1)CC1(C=O)CCCCC1. The molecule has 0 spiro atoms. The van der Waals surface area contributed by atoms with E-state index in [4.69, 9.17) is 0 Å². The number of likely N-dealkylation sites (N-methyl/N-ethyl adjacent to an activating group) is 1. The molecule has 0 aromatic carbocycles. The molecule has 0 atom stereocenters. The highest BCUT2D eigenvalue weighted by Crippen LogP contribution is 2.34. The van der Waals surface area contributed by atoms with E-state index in [2.05, 4.69) is 29.5 Å². The topological polar surface area (TPSA) is 20.3 Å². The zero-order valence-electron chi connectivity index (χ0n) is 11.2. The van der Waals surface area contributed by atoms with E-state index in [0.29, 0.717) is 0 Å². The lowest BCUT2D eigenvalue weighted by atomic mass is 9.75. The van der Waals surface area contributed by atoms with Crippen molar-refractivity contribution < 1.29 is 4.79 Å². The van der Waals surface area contributed by atoms with Crippen LogP contribution in [0, 0.1) is 5.41 Å². The number of aldehydes is 1. The van der Waals surface area contributed by atoms with Crippen molar-refractivity contribution in [2.24, 2.45) is 5.41 Å². The minimum absolute atomic E-state index is 0.0531. The van der Waals surface area contributed by atoms with Crippen molar-refractivity contribution in [3.05, 3.63) is 22.4 Å². The fraction of sp³-hybridized carbons (Fsp3) is 0.667. The van der Waals surface area contributed by atoms with Gasteiger partial charge in [-0.05, 0) is 37.8 Å². The highest BCUT2D eigenvalue weighted by Gasteiger charge is 2.32. The largest absolute Gasteiger partial charge is 0.305 e. The smallest absolute Gasteiger partial charge is 0.127 e. The quantitative estimate of drug-likeness (QED) is 0.735. The molecule has 0 aliphatic heterocycles. The standard InChI is InChI=1S/C15H23NOS/c1-16(10-7-14-6-5-11-18-14)12-15(13-17)8-3-2-4-9-15/h5-6,11,13H,2-4,7-10,12H2,1H3. The maximum absolute atomic E-state index is 11.4. The molecule has 0 bridgehead atoms. The predicted molar refractivity (Wildman–Crippen MR) is 77.1 cm³/mol. The van der Waals surface area contributed by atoms with Crippen LogP contribution in [0.15, 0.2) is 17.5 Å². The van der Waals surface area contributed by atoms with Gasteiger partial charge in [-0.3, -0.25) is 0 Å². The summed E-state index contributed by atoms with van der Waals surface area (Å²) in [6.45, 7) is 1.98. The van der Waals surface area contributed by atoms with Gasteiger partial charge in [0.25, 0.3) is 0 Å². The summed E-state index contributed by atoms with van der Waals surface area (Å²) in [5.74, 6) is 0. The highest BCUT2D eigenvalue weighted by atomic mass is 32.1. The first-order valence-corrected chi connectivity index (χ1v) is 7.79. The Morgan fingerprint density at radius 1 is 1.39 bits per heavy atom. The number of rotatable bonds is 6. The molecule has 0 N–H and O–H groups in total. The summed E-state index contributed by atoms with van der Waals surface area (Å²) in [5, 5.41) is 2.13. The summed E-state index contributed by atoms with van der Waals surface area (Å²) < 4.78 is 0. The minimum Gasteiger partial charge on any atom is -0.305 e. The summed E-state index contributed by atoms with van der Waals surface area (Å²) in [7, 11) is 2.15. The van der Waals surface area contributed by atoms with Crippen molar-refractivity contribution in [3.8, 4) is 0 Å². The van der Waals surface area contributed by atoms with Gasteiger partial charge in [0.15, 0.2) is 0 Å². The summed E-state index contributed by atoms with van der Waals surface area (Å²) in [6, 6.07) is 4.29. The van der Waals surface area contributed by atoms with Gasteiger partial charge < -0.3 is 9.69 Å². The number of hydrogen-bond acceptors (Lipinski definition) is 3. The molecule has 100 valence electrons. The third-order valence-corrected chi connectivity index (χ3v) is 4.94. The Hall–Kier alpha value is -0.670. The minimum atomic E-state index is -0.0531. The molecule has 2 nitrogen and oxygen atoms in total. The molecule has 18 heavy (non-hydrogen) atoms. The van der Waals surface area contributed by atoms with Crippen LogP contribution in [0.4, 0.5) is 0 Å². The molecule has 1 saturated carbocycles. The Morgan fingerprint density at radius 3 is 2.78 bits per heavy atom. The summed E-state index contributed by atoms with van der Waals surface area (Å²) >= 11 is 1.82. The van der Waals surface area contributed by atoms with Crippen LogP contribution in [-0.4, -0.2) is 31.3 Å². The molecule has 0 unspecified atom stereocenters. The number of carbonyl (C=O) groups excluding carboxylic acids is 1. The molecule has 0 saturated heterocycles. The summed E-state index contributed by atoms with van der Waals surface area (Å²) in [6.07, 6.45) is 8.24. The average Bonchev–Trinajstić information content (AvgIpc) is 2.91. The first-order valence-electron chi connectivity index (χ1n) is 6.91. The Kier molecular flexibility index (Phi) is 4.95. The molecule has 3 heteroatoms. The third-order valence-electron chi connectivity index (χ3n) is 4.00. The molecule has 1 aliphatic carbocycles. The number of carbonyl (C=O) groups is 1. The molecule has 2 rings (SSSR count). The fourth-order valence-corrected chi connectivity index (χ4v) is 3.64. The van der Waals surface area contributed by atoms with Gasteiger partial charge in [0, 0.05) is 23.4 Å². The van der Waals surface area contributed by atoms with Crippen LogP contribution < -0.4 is 0 Å². The van der Waals surface area contributed by atoms with Gasteiger partial charge in [0.2, 0.25) is 0 Å². The normalized spacial score (nSPS) is 19.0. The van der Waals surface area contributed by atoms with Gasteiger partial charge in [-0.25, -0.2) is 0 Å². The molecule has 0 amide bonds. The first kappa shape index (κ1) is 13.8. The van der Waals surface area contributed by atoms with E-state index in [0.717, 1.165) is 32.4 Å². The van der Waals surface area contributed by atoms with Gasteiger partial charge in [-0.2, -0.15) is 0 Å². The van der Waals surface area contributed by atoms with Crippen LogP contribution >= 0.6 is 11.3 Å². The van der Waals surface area contributed by atoms with E-state index in [1.165, 1.54) is 30.4 Å². The van der Waals surface area contributed by atoms with E-state index in [1.807, 2.05) is 11.3 Å². The van der Waals surface area contributed by atoms with Crippen molar-refractivity contribution in [3.63, 3.8) is 0 Å². The van der Waals surface area contributed by atoms with Crippen molar-refractivity contribution >= 4 is 17.6 Å². The lowest BCUT2D eigenvalue weighted by Gasteiger charge is -2.35. The van der Waals surface area contributed by atoms with Crippen LogP contribution in [-0.2, 0) is 11.2 Å². The Bertz CT molecular complexity index is 355. The number of hydrogen-bond donors (Lipinski definition) is 0. The maximum atomic E-state index is 11.4. The van der Waals surface area contributed by atoms with E-state index < -0.39 is 0 Å². The molecule has 1 aromatic heterocycles. The Labute approximate surface area is 114 Å². The van der Waals surface area contributed by atoms with Crippen LogP contribution in [0.25, 0.3) is 0 Å². The molecule has 1 aromatic rings. The lowest BCUT2D eigenvalue weighted by molar-refractivity contribution is -0.118. The summed E-state index contributed by atoms with van der Waals surface area (Å²) in [4.78, 5) is 15.2. The highest BCUT2D eigenvalue weighted by molar-refractivity contribution is 7.09. The monoisotopic (exact) mass is 265 g/mol. The van der Waals surface area contributed by atoms with Gasteiger partial charge in [0.1, 0.15) is 6.29 Å². The zero-order chi connectivity index (χ0) is 12.8. The maximum Gasteiger partial charge on any atom is 0.127 e. The van der Waals surface area contributed by atoms with Gasteiger partial charge >= 0.3 is 0 Å². The van der Waals surface area contributed by atoms with Crippen molar-refractivity contribution in [1.82, 2.24) is 4.90 Å². The second kappa shape index (κ2) is 6.48. The lowest BCUT2D eigenvalue weighted by Crippen LogP contribution is -2.39. The molecule has 1 fully saturated rings. The van der Waals surface area contributed by atoms with Crippen LogP contribution in [0.5, 0.6) is 0 Å². The van der Waals surface area contributed by atoms with Crippen molar-refractivity contribution in [2.75, 3.05) is 20.1 Å². The van der Waals surface area contributed by atoms with E-state index in [-0.39, 0.29) is 5.41 Å². The second-order valence-corrected chi connectivity index (χ2v) is 6.64. The average molecular weight is 265 g/mol. The zero-order valence-corrected chi connectivity index (χ0v) is 12.0. The van der Waals surface area contributed by atoms with Crippen molar-refractivity contribution in [2.45, 2.75) is 38.5 Å².